The standard InChI is InChI=1S/C14H17NS/c16-12-15-11-14(9-5-2-6-10-14)13-7-3-1-4-8-13/h1,3-4,7-8H,2,5-6,9-11H2. The molecular formula is C14H17NS. The maximum absolute atomic E-state index is 4.70. The van der Waals surface area contributed by atoms with Gasteiger partial charge < -0.3 is 0 Å². The zero-order chi connectivity index (χ0) is 11.3. The molecule has 0 radical (unpaired) electrons. The van der Waals surface area contributed by atoms with E-state index < -0.39 is 0 Å². The lowest BCUT2D eigenvalue weighted by Gasteiger charge is -2.36. The highest BCUT2D eigenvalue weighted by Gasteiger charge is 2.33. The molecule has 0 saturated heterocycles. The molecular weight excluding hydrogens is 214 g/mol. The van der Waals surface area contributed by atoms with Gasteiger partial charge in [-0.15, -0.1) is 0 Å². The molecule has 0 bridgehead atoms. The highest BCUT2D eigenvalue weighted by Crippen LogP contribution is 2.39. The second-order valence-corrected chi connectivity index (χ2v) is 4.80. The van der Waals surface area contributed by atoms with Gasteiger partial charge in [-0.05, 0) is 30.6 Å². The van der Waals surface area contributed by atoms with Crippen molar-refractivity contribution in [1.82, 2.24) is 0 Å². The molecule has 84 valence electrons. The maximum atomic E-state index is 4.70. The van der Waals surface area contributed by atoms with Crippen molar-refractivity contribution in [2.45, 2.75) is 37.5 Å². The molecule has 1 aromatic carbocycles. The normalized spacial score (nSPS) is 18.8. The lowest BCUT2D eigenvalue weighted by Crippen LogP contribution is -2.32. The zero-order valence-corrected chi connectivity index (χ0v) is 10.3. The van der Waals surface area contributed by atoms with Crippen LogP contribution in [0.1, 0.15) is 37.7 Å². The van der Waals surface area contributed by atoms with E-state index >= 15 is 0 Å². The summed E-state index contributed by atoms with van der Waals surface area (Å²) in [4.78, 5) is 4.21. The van der Waals surface area contributed by atoms with Crippen LogP contribution >= 0.6 is 12.2 Å². The number of hydrogen-bond acceptors (Lipinski definition) is 2. The molecule has 0 spiro atoms. The Hall–Kier alpha value is -0.980. The first kappa shape index (κ1) is 11.5. The number of rotatable bonds is 3. The van der Waals surface area contributed by atoms with E-state index in [-0.39, 0.29) is 5.41 Å². The molecule has 0 N–H and O–H groups in total. The number of nitrogens with zero attached hydrogens (tertiary/aromatic N) is 1. The molecule has 2 heteroatoms. The van der Waals surface area contributed by atoms with Crippen LogP contribution in [-0.2, 0) is 5.41 Å². The highest BCUT2D eigenvalue weighted by atomic mass is 32.1. The Balaban J connectivity index is 2.29. The van der Waals surface area contributed by atoms with Crippen LogP contribution < -0.4 is 0 Å². The van der Waals surface area contributed by atoms with Crippen molar-refractivity contribution in [2.75, 3.05) is 6.54 Å². The third-order valence-electron chi connectivity index (χ3n) is 3.64. The van der Waals surface area contributed by atoms with E-state index in [2.05, 4.69) is 40.5 Å². The summed E-state index contributed by atoms with van der Waals surface area (Å²) >= 11 is 4.70. The molecule has 0 aliphatic heterocycles. The molecule has 0 atom stereocenters. The molecule has 1 aromatic rings. The maximum Gasteiger partial charge on any atom is 0.0589 e. The van der Waals surface area contributed by atoms with Gasteiger partial charge in [0, 0.05) is 5.41 Å². The smallest absolute Gasteiger partial charge is 0.0589 e. The summed E-state index contributed by atoms with van der Waals surface area (Å²) in [5.74, 6) is 0. The second-order valence-electron chi connectivity index (χ2n) is 4.61. The number of isothiocyanates is 1. The van der Waals surface area contributed by atoms with Gasteiger partial charge in [0.05, 0.1) is 11.7 Å². The molecule has 1 nitrogen and oxygen atoms in total. The molecule has 1 aliphatic carbocycles. The number of aliphatic imine (C=N–C) groups is 1. The van der Waals surface area contributed by atoms with Gasteiger partial charge in [-0.3, -0.25) is 0 Å². The number of benzene rings is 1. The molecule has 1 saturated carbocycles. The zero-order valence-electron chi connectivity index (χ0n) is 9.48. The van der Waals surface area contributed by atoms with Crippen LogP contribution in [0.2, 0.25) is 0 Å². The van der Waals surface area contributed by atoms with Crippen molar-refractivity contribution >= 4 is 17.4 Å². The first-order chi connectivity index (χ1) is 7.87. The van der Waals surface area contributed by atoms with E-state index in [1.165, 1.54) is 37.7 Å². The molecule has 0 amide bonds. The predicted molar refractivity (Wildman–Crippen MR) is 71.1 cm³/mol. The minimum absolute atomic E-state index is 0.227. The van der Waals surface area contributed by atoms with Crippen LogP contribution in [0.3, 0.4) is 0 Å². The third-order valence-corrected chi connectivity index (χ3v) is 3.77. The number of hydrogen-bond donors (Lipinski definition) is 0. The van der Waals surface area contributed by atoms with Gasteiger partial charge in [-0.1, -0.05) is 49.6 Å². The summed E-state index contributed by atoms with van der Waals surface area (Å²) in [7, 11) is 0. The molecule has 1 aliphatic rings. The first-order valence-corrected chi connectivity index (χ1v) is 6.37. The topological polar surface area (TPSA) is 12.4 Å². The van der Waals surface area contributed by atoms with Gasteiger partial charge in [-0.25, -0.2) is 4.99 Å². The van der Waals surface area contributed by atoms with E-state index in [4.69, 9.17) is 12.2 Å². The second kappa shape index (κ2) is 5.38. The van der Waals surface area contributed by atoms with Crippen LogP contribution in [-0.4, -0.2) is 11.7 Å². The molecule has 0 unspecified atom stereocenters. The Kier molecular flexibility index (Phi) is 3.87. The lowest BCUT2D eigenvalue weighted by molar-refractivity contribution is 0.302. The minimum atomic E-state index is 0.227. The van der Waals surface area contributed by atoms with Crippen LogP contribution in [0.5, 0.6) is 0 Å². The predicted octanol–water partition coefficient (Wildman–Crippen LogP) is 3.99. The molecule has 1 fully saturated rings. The Morgan fingerprint density at radius 3 is 2.44 bits per heavy atom. The monoisotopic (exact) mass is 231 g/mol. The fourth-order valence-corrected chi connectivity index (χ4v) is 2.81. The Morgan fingerprint density at radius 2 is 1.81 bits per heavy atom. The number of thiocarbonyl (C=S) groups is 1. The fourth-order valence-electron chi connectivity index (χ4n) is 2.74. The van der Waals surface area contributed by atoms with Gasteiger partial charge in [0.15, 0.2) is 0 Å². The summed E-state index contributed by atoms with van der Waals surface area (Å²) in [6.45, 7) is 0.806. The molecule has 2 rings (SSSR count). The summed E-state index contributed by atoms with van der Waals surface area (Å²) in [6, 6.07) is 10.8. The van der Waals surface area contributed by atoms with E-state index in [1.54, 1.807) is 0 Å². The minimum Gasteiger partial charge on any atom is -0.232 e. The van der Waals surface area contributed by atoms with Crippen molar-refractivity contribution in [1.29, 1.82) is 0 Å². The third kappa shape index (κ3) is 2.40. The highest BCUT2D eigenvalue weighted by molar-refractivity contribution is 7.78. The summed E-state index contributed by atoms with van der Waals surface area (Å²) < 4.78 is 0. The van der Waals surface area contributed by atoms with Crippen molar-refractivity contribution < 1.29 is 0 Å². The van der Waals surface area contributed by atoms with Gasteiger partial charge in [0.2, 0.25) is 0 Å². The SMILES string of the molecule is S=C=NCC1(c2ccccc2)CCCCC1. The van der Waals surface area contributed by atoms with Crippen LogP contribution in [0.4, 0.5) is 0 Å². The van der Waals surface area contributed by atoms with Crippen LogP contribution in [0.15, 0.2) is 35.3 Å². The summed E-state index contributed by atoms with van der Waals surface area (Å²) in [5, 5.41) is 2.52. The molecule has 16 heavy (non-hydrogen) atoms. The van der Waals surface area contributed by atoms with E-state index in [9.17, 15) is 0 Å². The Bertz CT molecular complexity index is 373. The van der Waals surface area contributed by atoms with Crippen LogP contribution in [0.25, 0.3) is 0 Å². The van der Waals surface area contributed by atoms with E-state index in [1.807, 2.05) is 0 Å². The quantitative estimate of drug-likeness (QED) is 0.566. The van der Waals surface area contributed by atoms with Gasteiger partial charge in [0.1, 0.15) is 0 Å². The van der Waals surface area contributed by atoms with Gasteiger partial charge in [0.25, 0.3) is 0 Å². The van der Waals surface area contributed by atoms with E-state index in [0.29, 0.717) is 0 Å². The van der Waals surface area contributed by atoms with Crippen molar-refractivity contribution in [3.8, 4) is 0 Å². The van der Waals surface area contributed by atoms with E-state index in [0.717, 1.165) is 6.54 Å². The Morgan fingerprint density at radius 1 is 1.12 bits per heavy atom. The average Bonchev–Trinajstić information content (AvgIpc) is 2.38. The lowest BCUT2D eigenvalue weighted by atomic mass is 9.69. The largest absolute Gasteiger partial charge is 0.232 e. The summed E-state index contributed by atoms with van der Waals surface area (Å²) in [5.41, 5.74) is 1.65. The Labute approximate surface area is 103 Å². The average molecular weight is 231 g/mol. The van der Waals surface area contributed by atoms with Gasteiger partial charge >= 0.3 is 0 Å². The molecule has 0 heterocycles. The van der Waals surface area contributed by atoms with Gasteiger partial charge in [-0.2, -0.15) is 0 Å². The van der Waals surface area contributed by atoms with Crippen molar-refractivity contribution in [3.05, 3.63) is 35.9 Å². The van der Waals surface area contributed by atoms with Crippen molar-refractivity contribution in [2.24, 2.45) is 4.99 Å². The summed E-state index contributed by atoms with van der Waals surface area (Å²) in [6.07, 6.45) is 6.44. The van der Waals surface area contributed by atoms with Crippen LogP contribution in [0, 0.1) is 0 Å². The fraction of sp³-hybridized carbons (Fsp3) is 0.500. The first-order valence-electron chi connectivity index (χ1n) is 5.97. The molecule has 0 aromatic heterocycles. The van der Waals surface area contributed by atoms with Crippen molar-refractivity contribution in [3.63, 3.8) is 0 Å².